The van der Waals surface area contributed by atoms with Crippen LogP contribution in [0.15, 0.2) is 29.8 Å². The summed E-state index contributed by atoms with van der Waals surface area (Å²) in [6.45, 7) is 2.12. The minimum absolute atomic E-state index is 0. The molecule has 0 N–H and O–H groups in total. The average Bonchev–Trinajstić information content (AvgIpc) is 2.27. The standard InChI is InChI=1S/C10H9.Na.H/c1-8-6-9-4-2-3-5-10(9)7-8;;/h2-7H,1H3;;. The second-order valence-corrected chi connectivity index (χ2v) is 2.66. The van der Waals surface area contributed by atoms with Crippen molar-refractivity contribution >= 4 is 35.6 Å². The van der Waals surface area contributed by atoms with Gasteiger partial charge in [0.1, 0.15) is 0 Å². The van der Waals surface area contributed by atoms with Crippen LogP contribution in [0, 0.1) is 6.42 Å². The van der Waals surface area contributed by atoms with Crippen LogP contribution in [0.2, 0.25) is 0 Å². The molecule has 2 rings (SSSR count). The van der Waals surface area contributed by atoms with Crippen LogP contribution in [-0.2, 0) is 0 Å². The Kier molecular flexibility index (Phi) is 2.94. The summed E-state index contributed by atoms with van der Waals surface area (Å²) < 4.78 is 0. The van der Waals surface area contributed by atoms with Crippen LogP contribution in [0.3, 0.4) is 0 Å². The molecule has 1 aromatic rings. The van der Waals surface area contributed by atoms with Crippen LogP contribution < -0.4 is 0 Å². The monoisotopic (exact) mass is 153 g/mol. The normalized spacial score (nSPS) is 13.4. The summed E-state index contributed by atoms with van der Waals surface area (Å²) in [6, 6.07) is 8.42. The van der Waals surface area contributed by atoms with Crippen LogP contribution >= 0.6 is 0 Å². The predicted octanol–water partition coefficient (Wildman–Crippen LogP) is 2.01. The zero-order valence-corrected chi connectivity index (χ0v) is 5.96. The van der Waals surface area contributed by atoms with Crippen LogP contribution in [0.5, 0.6) is 0 Å². The van der Waals surface area contributed by atoms with Gasteiger partial charge < -0.3 is 0 Å². The zero-order chi connectivity index (χ0) is 6.97. The maximum atomic E-state index is 2.20. The fraction of sp³-hybridized carbons (Fsp3) is 0.100. The Bertz CT molecular complexity index is 287. The van der Waals surface area contributed by atoms with E-state index in [0.29, 0.717) is 0 Å². The van der Waals surface area contributed by atoms with Crippen molar-refractivity contribution in [2.75, 3.05) is 0 Å². The molecule has 0 nitrogen and oxygen atoms in total. The van der Waals surface area contributed by atoms with Crippen LogP contribution in [0.25, 0.3) is 6.08 Å². The molecule has 51 valence electrons. The number of hydrogen-bond acceptors (Lipinski definition) is 0. The number of hydrogen-bond donors (Lipinski definition) is 0. The van der Waals surface area contributed by atoms with Gasteiger partial charge in [-0.25, -0.2) is 0 Å². The van der Waals surface area contributed by atoms with E-state index >= 15 is 0 Å². The van der Waals surface area contributed by atoms with Gasteiger partial charge in [0.05, 0.1) is 0 Å². The molecular weight excluding hydrogens is 143 g/mol. The quantitative estimate of drug-likeness (QED) is 0.500. The van der Waals surface area contributed by atoms with Crippen molar-refractivity contribution < 1.29 is 0 Å². The van der Waals surface area contributed by atoms with Gasteiger partial charge in [0, 0.05) is 6.42 Å². The van der Waals surface area contributed by atoms with Crippen molar-refractivity contribution in [3.05, 3.63) is 47.4 Å². The Balaban J connectivity index is 0.000000605. The molecule has 1 aliphatic carbocycles. The molecule has 0 aliphatic heterocycles. The SMILES string of the molecule is CC1=Cc2ccccc2[CH]1.[NaH]. The topological polar surface area (TPSA) is 0 Å². The second-order valence-electron chi connectivity index (χ2n) is 2.66. The molecular formula is C10H10Na. The summed E-state index contributed by atoms with van der Waals surface area (Å²) in [7, 11) is 0. The van der Waals surface area contributed by atoms with E-state index in [1.54, 1.807) is 0 Å². The molecule has 1 aromatic carbocycles. The Hall–Kier alpha value is -0.0400. The number of allylic oxidation sites excluding steroid dienone is 1. The Labute approximate surface area is 89.6 Å². The van der Waals surface area contributed by atoms with Gasteiger partial charge in [-0.2, -0.15) is 0 Å². The van der Waals surface area contributed by atoms with Crippen molar-refractivity contribution in [2.24, 2.45) is 0 Å². The van der Waals surface area contributed by atoms with Gasteiger partial charge in [-0.3, -0.25) is 0 Å². The van der Waals surface area contributed by atoms with Gasteiger partial charge in [-0.05, 0) is 18.1 Å². The van der Waals surface area contributed by atoms with E-state index in [1.165, 1.54) is 16.7 Å². The van der Waals surface area contributed by atoms with Crippen molar-refractivity contribution in [1.29, 1.82) is 0 Å². The van der Waals surface area contributed by atoms with Crippen molar-refractivity contribution in [3.8, 4) is 0 Å². The first-order valence-electron chi connectivity index (χ1n) is 3.48. The molecule has 0 aromatic heterocycles. The van der Waals surface area contributed by atoms with Crippen LogP contribution in [-0.4, -0.2) is 29.6 Å². The van der Waals surface area contributed by atoms with E-state index in [9.17, 15) is 0 Å². The molecule has 1 heteroatoms. The van der Waals surface area contributed by atoms with Gasteiger partial charge in [0.25, 0.3) is 0 Å². The van der Waals surface area contributed by atoms with E-state index in [1.807, 2.05) is 0 Å². The Morgan fingerprint density at radius 2 is 1.64 bits per heavy atom. The third-order valence-electron chi connectivity index (χ3n) is 1.76. The summed E-state index contributed by atoms with van der Waals surface area (Å²) in [6.07, 6.45) is 4.41. The first-order chi connectivity index (χ1) is 4.86. The maximum absolute atomic E-state index is 2.20. The summed E-state index contributed by atoms with van der Waals surface area (Å²) in [4.78, 5) is 0. The second kappa shape index (κ2) is 3.57. The average molecular weight is 153 g/mol. The summed E-state index contributed by atoms with van der Waals surface area (Å²) >= 11 is 0. The van der Waals surface area contributed by atoms with Gasteiger partial charge in [0.15, 0.2) is 0 Å². The van der Waals surface area contributed by atoms with Crippen molar-refractivity contribution in [3.63, 3.8) is 0 Å². The summed E-state index contributed by atoms with van der Waals surface area (Å²) in [5, 5.41) is 0. The summed E-state index contributed by atoms with van der Waals surface area (Å²) in [5.41, 5.74) is 4.04. The van der Waals surface area contributed by atoms with E-state index in [-0.39, 0.29) is 29.6 Å². The van der Waals surface area contributed by atoms with E-state index < -0.39 is 0 Å². The molecule has 0 unspecified atom stereocenters. The Morgan fingerprint density at radius 3 is 2.27 bits per heavy atom. The van der Waals surface area contributed by atoms with Gasteiger partial charge >= 0.3 is 29.6 Å². The van der Waals surface area contributed by atoms with Crippen LogP contribution in [0.1, 0.15) is 18.1 Å². The van der Waals surface area contributed by atoms with E-state index in [4.69, 9.17) is 0 Å². The van der Waals surface area contributed by atoms with Crippen molar-refractivity contribution in [1.82, 2.24) is 0 Å². The molecule has 0 saturated heterocycles. The van der Waals surface area contributed by atoms with Gasteiger partial charge in [-0.1, -0.05) is 35.9 Å². The fourth-order valence-electron chi connectivity index (χ4n) is 1.31. The third kappa shape index (κ3) is 1.76. The van der Waals surface area contributed by atoms with Crippen molar-refractivity contribution in [2.45, 2.75) is 6.92 Å². The fourth-order valence-corrected chi connectivity index (χ4v) is 1.31. The first-order valence-corrected chi connectivity index (χ1v) is 3.48. The molecule has 0 fully saturated rings. The number of benzene rings is 1. The third-order valence-corrected chi connectivity index (χ3v) is 1.76. The van der Waals surface area contributed by atoms with Gasteiger partial charge in [-0.15, -0.1) is 0 Å². The zero-order valence-electron chi connectivity index (χ0n) is 5.96. The molecule has 1 aliphatic rings. The molecule has 11 heavy (non-hydrogen) atoms. The Morgan fingerprint density at radius 1 is 1.00 bits per heavy atom. The van der Waals surface area contributed by atoms with E-state index in [2.05, 4.69) is 43.7 Å². The predicted molar refractivity (Wildman–Crippen MR) is 50.6 cm³/mol. The molecule has 0 atom stereocenters. The number of fused-ring (bicyclic) bond motifs is 1. The molecule has 0 bridgehead atoms. The molecule has 0 heterocycles. The van der Waals surface area contributed by atoms with Crippen LogP contribution in [0.4, 0.5) is 0 Å². The van der Waals surface area contributed by atoms with E-state index in [0.717, 1.165) is 0 Å². The van der Waals surface area contributed by atoms with Gasteiger partial charge in [0.2, 0.25) is 0 Å². The summed E-state index contributed by atoms with van der Waals surface area (Å²) in [5.74, 6) is 0. The first kappa shape index (κ1) is 9.05. The molecule has 0 amide bonds. The molecule has 0 saturated carbocycles. The molecule has 1 radical (unpaired) electrons. The molecule has 0 spiro atoms. The minimum atomic E-state index is 0. The number of rotatable bonds is 0.